The molecule has 0 aromatic heterocycles. The minimum absolute atomic E-state index is 0.0816. The number of carbonyl (C=O) groups is 3. The van der Waals surface area contributed by atoms with Crippen LogP contribution in [0.5, 0.6) is 0 Å². The lowest BCUT2D eigenvalue weighted by atomic mass is 10.2. The number of unbranched alkanes of at least 4 members (excludes halogenated alkanes) is 1. The Morgan fingerprint density at radius 3 is 2.80 bits per heavy atom. The summed E-state index contributed by atoms with van der Waals surface area (Å²) < 4.78 is 9.80. The fourth-order valence-electron chi connectivity index (χ4n) is 1.88. The molecule has 1 heterocycles. The molecule has 0 aliphatic carbocycles. The van der Waals surface area contributed by atoms with E-state index in [2.05, 4.69) is 10.1 Å². The summed E-state index contributed by atoms with van der Waals surface area (Å²) in [4.78, 5) is 35.2. The van der Waals surface area contributed by atoms with Crippen molar-refractivity contribution in [3.8, 4) is 0 Å². The number of esters is 1. The fourth-order valence-corrected chi connectivity index (χ4v) is 1.88. The predicted molar refractivity (Wildman–Crippen MR) is 68.2 cm³/mol. The third-order valence-corrected chi connectivity index (χ3v) is 2.96. The van der Waals surface area contributed by atoms with Gasteiger partial charge < -0.3 is 24.8 Å². The number of amides is 2. The van der Waals surface area contributed by atoms with Crippen LogP contribution < -0.4 is 5.32 Å². The van der Waals surface area contributed by atoms with E-state index in [1.165, 1.54) is 12.0 Å². The molecule has 0 radical (unpaired) electrons. The van der Waals surface area contributed by atoms with Crippen LogP contribution in [0.25, 0.3) is 0 Å². The smallest absolute Gasteiger partial charge is 0.331 e. The first-order valence-corrected chi connectivity index (χ1v) is 6.48. The summed E-state index contributed by atoms with van der Waals surface area (Å²) in [6.45, 7) is 1.19. The third-order valence-electron chi connectivity index (χ3n) is 2.96. The zero-order valence-corrected chi connectivity index (χ0v) is 11.5. The number of carbonyl (C=O) groups excluding carboxylic acids is 2. The standard InChI is InChI=1S/C12H20N2O6/c1-19-11(17)9-8-20-7-6-14(9)12(18)13-5-3-2-4-10(15)16/h9H,2-8H2,1H3,(H,13,18)(H,15,16). The van der Waals surface area contributed by atoms with Crippen molar-refractivity contribution in [3.05, 3.63) is 0 Å². The summed E-state index contributed by atoms with van der Waals surface area (Å²) in [6.07, 6.45) is 1.16. The number of carboxylic acids is 1. The molecule has 8 heteroatoms. The number of hydrogen-bond acceptors (Lipinski definition) is 5. The molecule has 0 aromatic carbocycles. The molecule has 1 aliphatic heterocycles. The first kappa shape index (κ1) is 16.2. The van der Waals surface area contributed by atoms with E-state index in [0.29, 0.717) is 32.5 Å². The van der Waals surface area contributed by atoms with Gasteiger partial charge in [0.1, 0.15) is 0 Å². The van der Waals surface area contributed by atoms with Gasteiger partial charge in [-0.05, 0) is 12.8 Å². The molecule has 1 fully saturated rings. The monoisotopic (exact) mass is 288 g/mol. The zero-order chi connectivity index (χ0) is 15.0. The summed E-state index contributed by atoms with van der Waals surface area (Å²) in [5.41, 5.74) is 0. The molecule has 0 aromatic rings. The van der Waals surface area contributed by atoms with Crippen molar-refractivity contribution in [2.45, 2.75) is 25.3 Å². The largest absolute Gasteiger partial charge is 0.481 e. The lowest BCUT2D eigenvalue weighted by Crippen LogP contribution is -2.56. The lowest BCUT2D eigenvalue weighted by Gasteiger charge is -2.33. The second-order valence-corrected chi connectivity index (χ2v) is 4.39. The molecule has 1 atom stereocenters. The molecule has 0 saturated carbocycles. The van der Waals surface area contributed by atoms with Crippen LogP contribution >= 0.6 is 0 Å². The van der Waals surface area contributed by atoms with Crippen molar-refractivity contribution in [1.29, 1.82) is 0 Å². The topological polar surface area (TPSA) is 105 Å². The van der Waals surface area contributed by atoms with Gasteiger partial charge in [0.2, 0.25) is 0 Å². The summed E-state index contributed by atoms with van der Waals surface area (Å²) in [5.74, 6) is -1.36. The van der Waals surface area contributed by atoms with Crippen molar-refractivity contribution >= 4 is 18.0 Å². The summed E-state index contributed by atoms with van der Waals surface area (Å²) in [6, 6.07) is -1.09. The van der Waals surface area contributed by atoms with E-state index in [1.807, 2.05) is 0 Å². The highest BCUT2D eigenvalue weighted by Crippen LogP contribution is 2.09. The van der Waals surface area contributed by atoms with Crippen molar-refractivity contribution < 1.29 is 29.0 Å². The fraction of sp³-hybridized carbons (Fsp3) is 0.750. The van der Waals surface area contributed by atoms with Gasteiger partial charge in [-0.3, -0.25) is 4.79 Å². The Hall–Kier alpha value is -1.83. The number of morpholine rings is 1. The van der Waals surface area contributed by atoms with Gasteiger partial charge in [-0.2, -0.15) is 0 Å². The lowest BCUT2D eigenvalue weighted by molar-refractivity contribution is -0.151. The van der Waals surface area contributed by atoms with Gasteiger partial charge in [0, 0.05) is 19.5 Å². The van der Waals surface area contributed by atoms with E-state index in [-0.39, 0.29) is 19.1 Å². The van der Waals surface area contributed by atoms with E-state index in [1.54, 1.807) is 0 Å². The van der Waals surface area contributed by atoms with Crippen LogP contribution in [-0.4, -0.2) is 67.4 Å². The Bertz CT molecular complexity index is 360. The highest BCUT2D eigenvalue weighted by molar-refractivity contribution is 5.84. The summed E-state index contributed by atoms with van der Waals surface area (Å²) >= 11 is 0. The predicted octanol–water partition coefficient (Wildman–Crippen LogP) is -0.175. The number of nitrogens with zero attached hydrogens (tertiary/aromatic N) is 1. The number of methoxy groups -OCH3 is 1. The van der Waals surface area contributed by atoms with Crippen molar-refractivity contribution in [2.24, 2.45) is 0 Å². The summed E-state index contributed by atoms with van der Waals surface area (Å²) in [7, 11) is 1.26. The van der Waals surface area contributed by atoms with E-state index < -0.39 is 18.0 Å². The number of ether oxygens (including phenoxy) is 2. The maximum absolute atomic E-state index is 12.0. The van der Waals surface area contributed by atoms with Gasteiger partial charge in [-0.15, -0.1) is 0 Å². The van der Waals surface area contributed by atoms with Gasteiger partial charge in [0.15, 0.2) is 6.04 Å². The SMILES string of the molecule is COC(=O)C1COCCN1C(=O)NCCCCC(=O)O. The molecular formula is C12H20N2O6. The van der Waals surface area contributed by atoms with Crippen molar-refractivity contribution in [2.75, 3.05) is 33.4 Å². The van der Waals surface area contributed by atoms with Crippen LogP contribution in [-0.2, 0) is 19.1 Å². The Kier molecular flexibility index (Phi) is 6.78. The van der Waals surface area contributed by atoms with Crippen LogP contribution in [0.4, 0.5) is 4.79 Å². The second-order valence-electron chi connectivity index (χ2n) is 4.39. The van der Waals surface area contributed by atoms with Crippen LogP contribution in [0.1, 0.15) is 19.3 Å². The number of rotatable bonds is 6. The normalized spacial score (nSPS) is 18.4. The van der Waals surface area contributed by atoms with Crippen LogP contribution in [0.3, 0.4) is 0 Å². The van der Waals surface area contributed by atoms with Crippen LogP contribution in [0.2, 0.25) is 0 Å². The van der Waals surface area contributed by atoms with E-state index in [9.17, 15) is 14.4 Å². The Morgan fingerprint density at radius 2 is 2.15 bits per heavy atom. The van der Waals surface area contributed by atoms with Gasteiger partial charge in [-0.25, -0.2) is 9.59 Å². The average molecular weight is 288 g/mol. The average Bonchev–Trinajstić information content (AvgIpc) is 2.45. The molecule has 0 bridgehead atoms. The molecule has 1 rings (SSSR count). The minimum atomic E-state index is -0.852. The molecule has 0 spiro atoms. The number of carboxylic acid groups (broad SMARTS) is 1. The Labute approximate surface area is 117 Å². The maximum atomic E-state index is 12.0. The number of urea groups is 1. The Balaban J connectivity index is 2.36. The maximum Gasteiger partial charge on any atom is 0.331 e. The van der Waals surface area contributed by atoms with E-state index in [0.717, 1.165) is 0 Å². The van der Waals surface area contributed by atoms with E-state index >= 15 is 0 Å². The first-order chi connectivity index (χ1) is 9.56. The highest BCUT2D eigenvalue weighted by Gasteiger charge is 2.33. The molecule has 1 unspecified atom stereocenters. The molecule has 1 saturated heterocycles. The number of aliphatic carboxylic acids is 1. The van der Waals surface area contributed by atoms with Gasteiger partial charge in [0.05, 0.1) is 20.3 Å². The molecule has 20 heavy (non-hydrogen) atoms. The number of hydrogen-bond donors (Lipinski definition) is 2. The van der Waals surface area contributed by atoms with Crippen LogP contribution in [0.15, 0.2) is 0 Å². The van der Waals surface area contributed by atoms with Gasteiger partial charge in [-0.1, -0.05) is 0 Å². The quantitative estimate of drug-likeness (QED) is 0.519. The van der Waals surface area contributed by atoms with Crippen molar-refractivity contribution in [3.63, 3.8) is 0 Å². The summed E-state index contributed by atoms with van der Waals surface area (Å²) in [5, 5.41) is 11.2. The zero-order valence-electron chi connectivity index (χ0n) is 11.5. The molecule has 2 amide bonds. The van der Waals surface area contributed by atoms with Gasteiger partial charge in [0.25, 0.3) is 0 Å². The molecule has 1 aliphatic rings. The molecule has 8 nitrogen and oxygen atoms in total. The van der Waals surface area contributed by atoms with E-state index in [4.69, 9.17) is 9.84 Å². The third kappa shape index (κ3) is 5.04. The molecule has 114 valence electrons. The van der Waals surface area contributed by atoms with Gasteiger partial charge >= 0.3 is 18.0 Å². The highest BCUT2D eigenvalue weighted by atomic mass is 16.5. The minimum Gasteiger partial charge on any atom is -0.481 e. The second kappa shape index (κ2) is 8.36. The number of nitrogens with one attached hydrogen (secondary N) is 1. The molecular weight excluding hydrogens is 268 g/mol. The van der Waals surface area contributed by atoms with Crippen LogP contribution in [0, 0.1) is 0 Å². The molecule has 2 N–H and O–H groups in total. The first-order valence-electron chi connectivity index (χ1n) is 6.48. The van der Waals surface area contributed by atoms with Crippen molar-refractivity contribution in [1.82, 2.24) is 10.2 Å². The Morgan fingerprint density at radius 1 is 1.40 bits per heavy atom.